The van der Waals surface area contributed by atoms with Crippen molar-refractivity contribution in [2.75, 3.05) is 11.9 Å². The van der Waals surface area contributed by atoms with Crippen LogP contribution in [0.25, 0.3) is 0 Å². The third kappa shape index (κ3) is 3.20. The normalized spacial score (nSPS) is 17.8. The summed E-state index contributed by atoms with van der Waals surface area (Å²) >= 11 is 2.19. The second kappa shape index (κ2) is 7.06. The molecule has 2 aliphatic heterocycles. The largest absolute Gasteiger partial charge is 0.478 e. The molecule has 0 spiro atoms. The maximum Gasteiger partial charge on any atom is 0.394 e. The van der Waals surface area contributed by atoms with Crippen LogP contribution in [0.15, 0.2) is 10.8 Å². The number of carboxylic acid groups (broad SMARTS) is 2. The van der Waals surface area contributed by atoms with E-state index in [1.807, 2.05) is 0 Å². The molecule has 2 aromatic rings. The van der Waals surface area contributed by atoms with Crippen molar-refractivity contribution < 1.29 is 38.9 Å². The second-order valence-corrected chi connectivity index (χ2v) is 8.18. The number of hydrogen-bond acceptors (Lipinski definition) is 8. The van der Waals surface area contributed by atoms with Crippen molar-refractivity contribution in [1.82, 2.24) is 4.90 Å². The first-order valence-corrected chi connectivity index (χ1v) is 10.00. The van der Waals surface area contributed by atoms with E-state index < -0.39 is 35.8 Å². The number of carbonyl (C=O) groups excluding carboxylic acids is 3. The van der Waals surface area contributed by atoms with Crippen molar-refractivity contribution >= 4 is 57.3 Å². The minimum Gasteiger partial charge on any atom is -0.478 e. The zero-order chi connectivity index (χ0) is 20.9. The molecule has 0 aromatic carbocycles. The van der Waals surface area contributed by atoms with Gasteiger partial charge in [-0.25, -0.2) is 9.59 Å². The molecule has 1 unspecified atom stereocenters. The summed E-state index contributed by atoms with van der Waals surface area (Å²) in [6, 6.07) is 0. The Morgan fingerprint density at radius 2 is 1.83 bits per heavy atom. The van der Waals surface area contributed by atoms with Crippen LogP contribution in [0.4, 0.5) is 5.00 Å². The van der Waals surface area contributed by atoms with Crippen LogP contribution >= 0.6 is 22.7 Å². The van der Waals surface area contributed by atoms with E-state index in [0.29, 0.717) is 21.6 Å². The number of nitrogens with zero attached hydrogens (tertiary/aromatic N) is 1. The molecule has 2 aromatic heterocycles. The Hall–Kier alpha value is -3.09. The van der Waals surface area contributed by atoms with Crippen LogP contribution in [0, 0.1) is 0 Å². The number of nitrogens with one attached hydrogen (secondary N) is 1. The predicted octanol–water partition coefficient (Wildman–Crippen LogP) is 1.27. The molecule has 29 heavy (non-hydrogen) atoms. The van der Waals surface area contributed by atoms with E-state index in [1.165, 1.54) is 11.3 Å². The Balaban J connectivity index is 1.56. The van der Waals surface area contributed by atoms with Gasteiger partial charge in [0.25, 0.3) is 11.8 Å². The van der Waals surface area contributed by atoms with Gasteiger partial charge in [0.05, 0.1) is 35.9 Å². The molecule has 2 aliphatic rings. The first kappa shape index (κ1) is 19.2. The second-order valence-electron chi connectivity index (χ2n) is 6.33. The Bertz CT molecular complexity index is 1050. The molecule has 0 saturated heterocycles. The minimum atomic E-state index is -1.74. The number of carboxylic acids is 2. The number of carbonyl (C=O) groups is 5. The molecule has 0 aliphatic carbocycles. The monoisotopic (exact) mass is 436 g/mol. The van der Waals surface area contributed by atoms with Crippen molar-refractivity contribution in [2.24, 2.45) is 0 Å². The van der Waals surface area contributed by atoms with Crippen LogP contribution in [-0.4, -0.2) is 57.4 Å². The van der Waals surface area contributed by atoms with Gasteiger partial charge in [-0.3, -0.25) is 19.3 Å². The topological polar surface area (TPSA) is 150 Å². The Labute approximate surface area is 170 Å². The highest BCUT2D eigenvalue weighted by Crippen LogP contribution is 2.38. The fourth-order valence-electron chi connectivity index (χ4n) is 3.29. The summed E-state index contributed by atoms with van der Waals surface area (Å²) in [7, 11) is 0. The van der Waals surface area contributed by atoms with E-state index in [1.54, 1.807) is 10.8 Å². The number of amides is 3. The van der Waals surface area contributed by atoms with Crippen molar-refractivity contribution in [1.29, 1.82) is 0 Å². The van der Waals surface area contributed by atoms with Gasteiger partial charge in [-0.1, -0.05) is 0 Å². The molecule has 0 bridgehead atoms. The SMILES string of the molecule is O=C(O)C(=O)Nc1sc2c(c1C(=O)O)CC(CN1C(=O)c3cscc3C1=O)OC2. The number of rotatable bonds is 4. The van der Waals surface area contributed by atoms with E-state index in [-0.39, 0.29) is 30.1 Å². The van der Waals surface area contributed by atoms with Gasteiger partial charge in [0.1, 0.15) is 5.00 Å². The molecule has 4 rings (SSSR count). The number of aliphatic carboxylic acids is 1. The number of hydrogen-bond donors (Lipinski definition) is 3. The summed E-state index contributed by atoms with van der Waals surface area (Å²) in [5, 5.41) is 23.5. The molecule has 12 heteroatoms. The average Bonchev–Trinajstić information content (AvgIpc) is 3.33. The number of ether oxygens (including phenoxy) is 1. The smallest absolute Gasteiger partial charge is 0.394 e. The molecule has 4 heterocycles. The lowest BCUT2D eigenvalue weighted by atomic mass is 10.0. The van der Waals surface area contributed by atoms with E-state index >= 15 is 0 Å². The third-order valence-electron chi connectivity index (χ3n) is 4.61. The number of fused-ring (bicyclic) bond motifs is 2. The molecule has 10 nitrogen and oxygen atoms in total. The van der Waals surface area contributed by atoms with Crippen molar-refractivity contribution in [3.05, 3.63) is 37.9 Å². The van der Waals surface area contributed by atoms with Gasteiger partial charge in [0.2, 0.25) is 0 Å². The number of aromatic carboxylic acids is 1. The van der Waals surface area contributed by atoms with Crippen molar-refractivity contribution in [3.8, 4) is 0 Å². The highest BCUT2D eigenvalue weighted by Gasteiger charge is 2.39. The van der Waals surface area contributed by atoms with E-state index in [2.05, 4.69) is 5.32 Å². The zero-order valence-corrected chi connectivity index (χ0v) is 16.1. The molecule has 0 saturated carbocycles. The first-order chi connectivity index (χ1) is 13.8. The van der Waals surface area contributed by atoms with Gasteiger partial charge in [-0.2, -0.15) is 11.3 Å². The Morgan fingerprint density at radius 1 is 1.17 bits per heavy atom. The van der Waals surface area contributed by atoms with Crippen LogP contribution in [-0.2, 0) is 27.4 Å². The van der Waals surface area contributed by atoms with Gasteiger partial charge in [-0.15, -0.1) is 11.3 Å². The maximum absolute atomic E-state index is 12.4. The molecular formula is C17H12N2O8S2. The Kier molecular flexibility index (Phi) is 4.68. The lowest BCUT2D eigenvalue weighted by Gasteiger charge is -2.26. The molecule has 3 N–H and O–H groups in total. The van der Waals surface area contributed by atoms with E-state index in [9.17, 15) is 29.1 Å². The van der Waals surface area contributed by atoms with Crippen molar-refractivity contribution in [3.63, 3.8) is 0 Å². The van der Waals surface area contributed by atoms with Gasteiger partial charge in [0, 0.05) is 22.1 Å². The molecule has 0 fully saturated rings. The fraction of sp³-hybridized carbons (Fsp3) is 0.235. The van der Waals surface area contributed by atoms with Crippen molar-refractivity contribution in [2.45, 2.75) is 19.1 Å². The summed E-state index contributed by atoms with van der Waals surface area (Å²) in [6.07, 6.45) is -0.529. The predicted molar refractivity (Wildman–Crippen MR) is 99.5 cm³/mol. The van der Waals surface area contributed by atoms with Gasteiger partial charge in [0.15, 0.2) is 0 Å². The zero-order valence-electron chi connectivity index (χ0n) is 14.5. The quantitative estimate of drug-likeness (QED) is 0.479. The summed E-state index contributed by atoms with van der Waals surface area (Å²) in [4.78, 5) is 60.4. The summed E-state index contributed by atoms with van der Waals surface area (Å²) in [5.41, 5.74) is 0.882. The first-order valence-electron chi connectivity index (χ1n) is 8.24. The summed E-state index contributed by atoms with van der Waals surface area (Å²) < 4.78 is 5.68. The van der Waals surface area contributed by atoms with Crippen LogP contribution in [0.3, 0.4) is 0 Å². The third-order valence-corrected chi connectivity index (χ3v) is 6.47. The fourth-order valence-corrected chi connectivity index (χ4v) is 5.23. The number of thiophene rings is 2. The molecule has 0 radical (unpaired) electrons. The minimum absolute atomic E-state index is 0.0192. The van der Waals surface area contributed by atoms with Crippen LogP contribution in [0.1, 0.15) is 41.5 Å². The van der Waals surface area contributed by atoms with Gasteiger partial charge < -0.3 is 20.3 Å². The lowest BCUT2D eigenvalue weighted by Crippen LogP contribution is -2.40. The standard InChI is InChI=1S/C17H12N2O8S2/c20-12(17(25)26)18-13-11(16(23)24)7-1-6(27-3-10(7)29-13)2-19-14(21)8-4-28-5-9(8)15(19)22/h4-6H,1-3H2,(H,18,20)(H,23,24)(H,25,26). The molecular weight excluding hydrogens is 424 g/mol. The molecule has 150 valence electrons. The van der Waals surface area contributed by atoms with Crippen LogP contribution < -0.4 is 5.32 Å². The Morgan fingerprint density at radius 3 is 2.41 bits per heavy atom. The number of anilines is 1. The van der Waals surface area contributed by atoms with E-state index in [0.717, 1.165) is 16.2 Å². The highest BCUT2D eigenvalue weighted by atomic mass is 32.1. The lowest BCUT2D eigenvalue weighted by molar-refractivity contribution is -0.147. The van der Waals surface area contributed by atoms with E-state index in [4.69, 9.17) is 9.84 Å². The average molecular weight is 436 g/mol. The van der Waals surface area contributed by atoms with Crippen LogP contribution in [0.2, 0.25) is 0 Å². The van der Waals surface area contributed by atoms with Crippen LogP contribution in [0.5, 0.6) is 0 Å². The highest BCUT2D eigenvalue weighted by molar-refractivity contribution is 7.17. The number of imide groups is 1. The maximum atomic E-state index is 12.4. The molecule has 1 atom stereocenters. The summed E-state index contributed by atoms with van der Waals surface area (Å²) in [5.74, 6) is -5.24. The van der Waals surface area contributed by atoms with Gasteiger partial charge in [-0.05, 0) is 5.56 Å². The molecule has 3 amide bonds. The summed E-state index contributed by atoms with van der Waals surface area (Å²) in [6.45, 7) is -0.0203. The van der Waals surface area contributed by atoms with Gasteiger partial charge >= 0.3 is 17.8 Å².